The number of ketones is 1. The standard InChI is InChI=1S/C23H27ClO2/c1-26-23(18-8-4-2-5-9-18)21-11-7-3-6-10-19(22(21)25)16-17-12-14-20(24)15-13-17/h2,4-5,8-9,12-15,19,21,23H,3,6-7,10-11,16H2,1H3. The molecule has 3 unspecified atom stereocenters. The molecule has 0 heterocycles. The van der Waals surface area contributed by atoms with Crippen molar-refractivity contribution in [1.82, 2.24) is 0 Å². The van der Waals surface area contributed by atoms with Gasteiger partial charge in [0.1, 0.15) is 5.78 Å². The number of benzene rings is 2. The van der Waals surface area contributed by atoms with Crippen LogP contribution in [0, 0.1) is 11.8 Å². The van der Waals surface area contributed by atoms with Crippen molar-refractivity contribution >= 4 is 17.4 Å². The van der Waals surface area contributed by atoms with Crippen molar-refractivity contribution in [3.8, 4) is 0 Å². The fourth-order valence-corrected chi connectivity index (χ4v) is 4.23. The summed E-state index contributed by atoms with van der Waals surface area (Å²) < 4.78 is 5.82. The van der Waals surface area contributed by atoms with Crippen molar-refractivity contribution in [1.29, 1.82) is 0 Å². The number of ether oxygens (including phenoxy) is 1. The number of hydrogen-bond donors (Lipinski definition) is 0. The Balaban J connectivity index is 1.81. The smallest absolute Gasteiger partial charge is 0.142 e. The van der Waals surface area contributed by atoms with E-state index in [1.807, 2.05) is 42.5 Å². The van der Waals surface area contributed by atoms with Crippen molar-refractivity contribution in [2.24, 2.45) is 11.8 Å². The monoisotopic (exact) mass is 370 g/mol. The summed E-state index contributed by atoms with van der Waals surface area (Å²) in [5.74, 6) is 0.346. The molecule has 0 aromatic heterocycles. The van der Waals surface area contributed by atoms with Crippen LogP contribution in [0.25, 0.3) is 0 Å². The maximum Gasteiger partial charge on any atom is 0.142 e. The minimum atomic E-state index is -0.158. The number of rotatable bonds is 5. The fraction of sp³-hybridized carbons (Fsp3) is 0.435. The van der Waals surface area contributed by atoms with Gasteiger partial charge in [-0.2, -0.15) is 0 Å². The molecule has 1 saturated carbocycles. The molecule has 0 spiro atoms. The molecule has 1 fully saturated rings. The third-order valence-electron chi connectivity index (χ3n) is 5.48. The second kappa shape index (κ2) is 9.34. The lowest BCUT2D eigenvalue weighted by atomic mass is 9.76. The normalized spacial score (nSPS) is 22.5. The molecule has 3 atom stereocenters. The Kier molecular flexibility index (Phi) is 6.87. The fourth-order valence-electron chi connectivity index (χ4n) is 4.10. The number of Topliss-reactive ketones (excluding diaryl/α,β-unsaturated/α-hetero) is 1. The quantitative estimate of drug-likeness (QED) is 0.641. The van der Waals surface area contributed by atoms with Gasteiger partial charge in [-0.15, -0.1) is 0 Å². The Labute approximate surface area is 161 Å². The van der Waals surface area contributed by atoms with Crippen molar-refractivity contribution in [3.63, 3.8) is 0 Å². The van der Waals surface area contributed by atoms with Crippen LogP contribution in [-0.4, -0.2) is 12.9 Å². The Morgan fingerprint density at radius 3 is 2.38 bits per heavy atom. The van der Waals surface area contributed by atoms with Crippen LogP contribution >= 0.6 is 11.6 Å². The molecule has 2 aromatic rings. The van der Waals surface area contributed by atoms with Crippen LogP contribution in [-0.2, 0) is 16.0 Å². The summed E-state index contributed by atoms with van der Waals surface area (Å²) in [6.07, 6.45) is 5.90. The van der Waals surface area contributed by atoms with Gasteiger partial charge >= 0.3 is 0 Å². The molecule has 0 aliphatic heterocycles. The summed E-state index contributed by atoms with van der Waals surface area (Å²) in [6.45, 7) is 0. The molecule has 0 saturated heterocycles. The maximum atomic E-state index is 13.4. The number of carbonyl (C=O) groups is 1. The van der Waals surface area contributed by atoms with E-state index in [0.717, 1.165) is 42.7 Å². The summed E-state index contributed by atoms with van der Waals surface area (Å²) in [4.78, 5) is 13.4. The molecule has 3 rings (SSSR count). The van der Waals surface area contributed by atoms with Gasteiger partial charge in [0.15, 0.2) is 0 Å². The lowest BCUT2D eigenvalue weighted by Crippen LogP contribution is -2.32. The third kappa shape index (κ3) is 4.75. The Morgan fingerprint density at radius 2 is 1.69 bits per heavy atom. The van der Waals surface area contributed by atoms with Crippen molar-refractivity contribution < 1.29 is 9.53 Å². The summed E-state index contributed by atoms with van der Waals surface area (Å²) in [6, 6.07) is 18.0. The summed E-state index contributed by atoms with van der Waals surface area (Å²) in [5, 5.41) is 0.735. The van der Waals surface area contributed by atoms with E-state index in [1.54, 1.807) is 7.11 Å². The predicted octanol–water partition coefficient (Wildman–Crippen LogP) is 6.04. The van der Waals surface area contributed by atoms with Gasteiger partial charge < -0.3 is 4.74 Å². The predicted molar refractivity (Wildman–Crippen MR) is 106 cm³/mol. The van der Waals surface area contributed by atoms with Gasteiger partial charge in [0.2, 0.25) is 0 Å². The zero-order valence-corrected chi connectivity index (χ0v) is 16.1. The largest absolute Gasteiger partial charge is 0.376 e. The average Bonchev–Trinajstić information content (AvgIpc) is 2.66. The van der Waals surface area contributed by atoms with E-state index in [0.29, 0.717) is 5.78 Å². The van der Waals surface area contributed by atoms with Crippen LogP contribution < -0.4 is 0 Å². The van der Waals surface area contributed by atoms with E-state index < -0.39 is 0 Å². The van der Waals surface area contributed by atoms with Crippen molar-refractivity contribution in [2.45, 2.75) is 44.6 Å². The molecule has 138 valence electrons. The van der Waals surface area contributed by atoms with Crippen LogP contribution in [0.3, 0.4) is 0 Å². The van der Waals surface area contributed by atoms with Gasteiger partial charge in [-0.05, 0) is 42.5 Å². The average molecular weight is 371 g/mol. The summed E-state index contributed by atoms with van der Waals surface area (Å²) >= 11 is 6.00. The molecule has 1 aliphatic rings. The number of carbonyl (C=O) groups excluding carboxylic acids is 1. The molecular formula is C23H27ClO2. The summed E-state index contributed by atoms with van der Waals surface area (Å²) in [5.41, 5.74) is 2.28. The van der Waals surface area contributed by atoms with Gasteiger partial charge in [0, 0.05) is 24.0 Å². The molecule has 0 N–H and O–H groups in total. The van der Waals surface area contributed by atoms with Crippen LogP contribution in [0.2, 0.25) is 5.02 Å². The molecule has 2 nitrogen and oxygen atoms in total. The minimum absolute atomic E-state index is 0.0582. The molecule has 0 radical (unpaired) electrons. The van der Waals surface area contributed by atoms with E-state index in [-0.39, 0.29) is 17.9 Å². The van der Waals surface area contributed by atoms with Crippen molar-refractivity contribution in [3.05, 3.63) is 70.7 Å². The highest BCUT2D eigenvalue weighted by molar-refractivity contribution is 6.30. The van der Waals surface area contributed by atoms with Crippen LogP contribution in [0.4, 0.5) is 0 Å². The van der Waals surface area contributed by atoms with Crippen LogP contribution in [0.15, 0.2) is 54.6 Å². The first-order chi connectivity index (χ1) is 12.7. The second-order valence-electron chi connectivity index (χ2n) is 7.24. The number of halogens is 1. The molecular weight excluding hydrogens is 344 g/mol. The van der Waals surface area contributed by atoms with Crippen molar-refractivity contribution in [2.75, 3.05) is 7.11 Å². The maximum absolute atomic E-state index is 13.4. The van der Waals surface area contributed by atoms with Gasteiger partial charge in [-0.1, -0.05) is 73.3 Å². The summed E-state index contributed by atoms with van der Waals surface area (Å²) in [7, 11) is 1.72. The highest BCUT2D eigenvalue weighted by Crippen LogP contribution is 2.36. The SMILES string of the molecule is COC(c1ccccc1)C1CCCCCC(Cc2ccc(Cl)cc2)C1=O. The Bertz CT molecular complexity index is 696. The van der Waals surface area contributed by atoms with E-state index in [9.17, 15) is 4.79 Å². The molecule has 1 aliphatic carbocycles. The molecule has 26 heavy (non-hydrogen) atoms. The number of methoxy groups -OCH3 is 1. The number of hydrogen-bond acceptors (Lipinski definition) is 2. The van der Waals surface area contributed by atoms with Gasteiger partial charge in [0.25, 0.3) is 0 Å². The second-order valence-corrected chi connectivity index (χ2v) is 7.68. The van der Waals surface area contributed by atoms with E-state index in [2.05, 4.69) is 12.1 Å². The van der Waals surface area contributed by atoms with Gasteiger partial charge in [-0.3, -0.25) is 4.79 Å². The Morgan fingerprint density at radius 1 is 1.00 bits per heavy atom. The van der Waals surface area contributed by atoms with Gasteiger partial charge in [0.05, 0.1) is 6.10 Å². The zero-order chi connectivity index (χ0) is 18.4. The first-order valence-electron chi connectivity index (χ1n) is 9.55. The minimum Gasteiger partial charge on any atom is -0.376 e. The lowest BCUT2D eigenvalue weighted by Gasteiger charge is -2.31. The third-order valence-corrected chi connectivity index (χ3v) is 5.73. The molecule has 0 amide bonds. The highest BCUT2D eigenvalue weighted by atomic mass is 35.5. The van der Waals surface area contributed by atoms with Crippen LogP contribution in [0.1, 0.15) is 49.3 Å². The Hall–Kier alpha value is -1.64. The van der Waals surface area contributed by atoms with E-state index in [1.165, 1.54) is 12.0 Å². The van der Waals surface area contributed by atoms with Crippen LogP contribution in [0.5, 0.6) is 0 Å². The first kappa shape index (κ1) is 19.1. The lowest BCUT2D eigenvalue weighted by molar-refractivity contribution is -0.132. The van der Waals surface area contributed by atoms with E-state index >= 15 is 0 Å². The molecule has 3 heteroatoms. The molecule has 2 aromatic carbocycles. The highest BCUT2D eigenvalue weighted by Gasteiger charge is 2.34. The van der Waals surface area contributed by atoms with E-state index in [4.69, 9.17) is 16.3 Å². The zero-order valence-electron chi connectivity index (χ0n) is 15.4. The topological polar surface area (TPSA) is 26.3 Å². The first-order valence-corrected chi connectivity index (χ1v) is 9.92. The molecule has 0 bridgehead atoms. The van der Waals surface area contributed by atoms with Gasteiger partial charge in [-0.25, -0.2) is 0 Å².